The first-order valence-corrected chi connectivity index (χ1v) is 6.30. The molecule has 0 amide bonds. The standard InChI is InChI=1S/C12H14BrN3/c13-12-5-4-11(8-10(12)9-14)15-16-6-2-1-3-7-16/h4-5,8,15H,1-3,6-7H2. The Labute approximate surface area is 104 Å². The number of nitrogens with zero attached hydrogens (tertiary/aromatic N) is 2. The number of nitriles is 1. The third-order valence-electron chi connectivity index (χ3n) is 2.73. The molecule has 1 aliphatic rings. The number of nitrogens with one attached hydrogen (secondary N) is 1. The number of rotatable bonds is 2. The quantitative estimate of drug-likeness (QED) is 0.904. The van der Waals surface area contributed by atoms with E-state index < -0.39 is 0 Å². The number of benzene rings is 1. The van der Waals surface area contributed by atoms with Crippen LogP contribution in [-0.4, -0.2) is 18.1 Å². The number of hydrogen-bond donors (Lipinski definition) is 1. The van der Waals surface area contributed by atoms with Crippen LogP contribution in [-0.2, 0) is 0 Å². The van der Waals surface area contributed by atoms with E-state index in [9.17, 15) is 0 Å². The van der Waals surface area contributed by atoms with Gasteiger partial charge in [0.05, 0.1) is 11.3 Å². The van der Waals surface area contributed by atoms with E-state index in [1.54, 1.807) is 0 Å². The van der Waals surface area contributed by atoms with Gasteiger partial charge in [0.2, 0.25) is 0 Å². The fourth-order valence-corrected chi connectivity index (χ4v) is 2.20. The molecule has 1 aromatic rings. The SMILES string of the molecule is N#Cc1cc(NN2CCCCC2)ccc1Br. The maximum Gasteiger partial charge on any atom is 0.100 e. The van der Waals surface area contributed by atoms with E-state index in [-0.39, 0.29) is 0 Å². The number of halogens is 1. The lowest BCUT2D eigenvalue weighted by atomic mass is 10.2. The van der Waals surface area contributed by atoms with Crippen molar-refractivity contribution in [2.75, 3.05) is 18.5 Å². The molecule has 0 aliphatic carbocycles. The zero-order valence-electron chi connectivity index (χ0n) is 9.04. The van der Waals surface area contributed by atoms with E-state index in [0.29, 0.717) is 5.56 Å². The molecule has 84 valence electrons. The van der Waals surface area contributed by atoms with Gasteiger partial charge in [-0.3, -0.25) is 0 Å². The van der Waals surface area contributed by atoms with Crippen molar-refractivity contribution in [2.45, 2.75) is 19.3 Å². The van der Waals surface area contributed by atoms with Crippen LogP contribution in [0.5, 0.6) is 0 Å². The molecule has 0 radical (unpaired) electrons. The highest BCUT2D eigenvalue weighted by Crippen LogP contribution is 2.21. The summed E-state index contributed by atoms with van der Waals surface area (Å²) in [4.78, 5) is 0. The van der Waals surface area contributed by atoms with Gasteiger partial charge in [-0.15, -0.1) is 0 Å². The molecule has 4 heteroatoms. The maximum absolute atomic E-state index is 8.93. The lowest BCUT2D eigenvalue weighted by Gasteiger charge is -2.27. The Kier molecular flexibility index (Phi) is 3.81. The van der Waals surface area contributed by atoms with E-state index >= 15 is 0 Å². The molecular formula is C12H14BrN3. The molecule has 1 saturated heterocycles. The van der Waals surface area contributed by atoms with Gasteiger partial charge in [0.1, 0.15) is 6.07 Å². The largest absolute Gasteiger partial charge is 0.319 e. The van der Waals surface area contributed by atoms with E-state index in [1.165, 1.54) is 19.3 Å². The molecule has 0 unspecified atom stereocenters. The second-order valence-electron chi connectivity index (χ2n) is 3.97. The summed E-state index contributed by atoms with van der Waals surface area (Å²) < 4.78 is 0.846. The summed E-state index contributed by atoms with van der Waals surface area (Å²) in [6.45, 7) is 2.16. The third-order valence-corrected chi connectivity index (χ3v) is 3.42. The van der Waals surface area contributed by atoms with Crippen LogP contribution in [0.25, 0.3) is 0 Å². The minimum absolute atomic E-state index is 0.669. The Hall–Kier alpha value is -1.05. The summed E-state index contributed by atoms with van der Waals surface area (Å²) >= 11 is 3.35. The molecule has 1 aromatic carbocycles. The van der Waals surface area contributed by atoms with E-state index in [2.05, 4.69) is 32.4 Å². The molecule has 0 atom stereocenters. The van der Waals surface area contributed by atoms with Gasteiger partial charge in [-0.1, -0.05) is 6.42 Å². The van der Waals surface area contributed by atoms with Crippen molar-refractivity contribution in [3.05, 3.63) is 28.2 Å². The average Bonchev–Trinajstić information content (AvgIpc) is 2.33. The first-order chi connectivity index (χ1) is 7.79. The van der Waals surface area contributed by atoms with E-state index in [0.717, 1.165) is 23.2 Å². The van der Waals surface area contributed by atoms with Gasteiger partial charge < -0.3 is 5.43 Å². The van der Waals surface area contributed by atoms with Crippen molar-refractivity contribution >= 4 is 21.6 Å². The van der Waals surface area contributed by atoms with Crippen LogP contribution in [0.4, 0.5) is 5.69 Å². The Morgan fingerprint density at radius 3 is 2.69 bits per heavy atom. The summed E-state index contributed by atoms with van der Waals surface area (Å²) in [5.74, 6) is 0. The van der Waals surface area contributed by atoms with Crippen molar-refractivity contribution in [3.63, 3.8) is 0 Å². The highest BCUT2D eigenvalue weighted by Gasteiger charge is 2.10. The van der Waals surface area contributed by atoms with Gasteiger partial charge in [0, 0.05) is 17.6 Å². The van der Waals surface area contributed by atoms with E-state index in [4.69, 9.17) is 5.26 Å². The number of piperidine rings is 1. The Morgan fingerprint density at radius 2 is 2.00 bits per heavy atom. The van der Waals surface area contributed by atoms with Gasteiger partial charge in [0.15, 0.2) is 0 Å². The fraction of sp³-hybridized carbons (Fsp3) is 0.417. The summed E-state index contributed by atoms with van der Waals surface area (Å²) in [7, 11) is 0. The van der Waals surface area contributed by atoms with Crippen molar-refractivity contribution in [2.24, 2.45) is 0 Å². The predicted octanol–water partition coefficient (Wildman–Crippen LogP) is 3.13. The Balaban J connectivity index is 2.06. The zero-order valence-corrected chi connectivity index (χ0v) is 10.6. The molecule has 0 aromatic heterocycles. The minimum atomic E-state index is 0.669. The average molecular weight is 280 g/mol. The topological polar surface area (TPSA) is 39.1 Å². The molecule has 1 aliphatic heterocycles. The Bertz CT molecular complexity index is 405. The first-order valence-electron chi connectivity index (χ1n) is 5.51. The molecule has 1 heterocycles. The molecule has 0 bridgehead atoms. The Morgan fingerprint density at radius 1 is 1.25 bits per heavy atom. The van der Waals surface area contributed by atoms with Gasteiger partial charge in [-0.05, 0) is 47.0 Å². The zero-order chi connectivity index (χ0) is 11.4. The summed E-state index contributed by atoms with van der Waals surface area (Å²) in [6.07, 6.45) is 3.81. The van der Waals surface area contributed by atoms with Crippen molar-refractivity contribution < 1.29 is 0 Å². The van der Waals surface area contributed by atoms with Crippen LogP contribution in [0.3, 0.4) is 0 Å². The molecule has 0 spiro atoms. The molecule has 1 N–H and O–H groups in total. The smallest absolute Gasteiger partial charge is 0.100 e. The molecule has 2 rings (SSSR count). The second kappa shape index (κ2) is 5.33. The van der Waals surface area contributed by atoms with E-state index in [1.807, 2.05) is 18.2 Å². The number of hydrazine groups is 1. The predicted molar refractivity (Wildman–Crippen MR) is 67.9 cm³/mol. The van der Waals surface area contributed by atoms with Crippen molar-refractivity contribution in [1.29, 1.82) is 5.26 Å². The van der Waals surface area contributed by atoms with Crippen molar-refractivity contribution in [3.8, 4) is 6.07 Å². The monoisotopic (exact) mass is 279 g/mol. The molecule has 16 heavy (non-hydrogen) atoms. The lowest BCUT2D eigenvalue weighted by molar-refractivity contribution is 0.273. The van der Waals surface area contributed by atoms with Gasteiger partial charge >= 0.3 is 0 Å². The summed E-state index contributed by atoms with van der Waals surface area (Å²) in [5, 5.41) is 11.1. The number of anilines is 1. The molecule has 3 nitrogen and oxygen atoms in total. The highest BCUT2D eigenvalue weighted by atomic mass is 79.9. The van der Waals surface area contributed by atoms with Crippen LogP contribution in [0, 0.1) is 11.3 Å². The molecule has 1 fully saturated rings. The summed E-state index contributed by atoms with van der Waals surface area (Å²) in [6, 6.07) is 7.93. The van der Waals surface area contributed by atoms with Crippen LogP contribution < -0.4 is 5.43 Å². The summed E-state index contributed by atoms with van der Waals surface area (Å²) in [5.41, 5.74) is 5.00. The second-order valence-corrected chi connectivity index (χ2v) is 4.82. The fourth-order valence-electron chi connectivity index (χ4n) is 1.87. The minimum Gasteiger partial charge on any atom is -0.319 e. The lowest BCUT2D eigenvalue weighted by Crippen LogP contribution is -2.34. The highest BCUT2D eigenvalue weighted by molar-refractivity contribution is 9.10. The molecule has 0 saturated carbocycles. The number of hydrogen-bond acceptors (Lipinski definition) is 3. The van der Waals surface area contributed by atoms with Crippen LogP contribution in [0.1, 0.15) is 24.8 Å². The van der Waals surface area contributed by atoms with Crippen molar-refractivity contribution in [1.82, 2.24) is 5.01 Å². The van der Waals surface area contributed by atoms with Gasteiger partial charge in [-0.25, -0.2) is 5.01 Å². The van der Waals surface area contributed by atoms with Crippen LogP contribution >= 0.6 is 15.9 Å². The van der Waals surface area contributed by atoms with Gasteiger partial charge in [0.25, 0.3) is 0 Å². The van der Waals surface area contributed by atoms with Crippen LogP contribution in [0.2, 0.25) is 0 Å². The molecular weight excluding hydrogens is 266 g/mol. The third kappa shape index (κ3) is 2.75. The van der Waals surface area contributed by atoms with Gasteiger partial charge in [-0.2, -0.15) is 5.26 Å². The first kappa shape index (κ1) is 11.4. The van der Waals surface area contributed by atoms with Crippen LogP contribution in [0.15, 0.2) is 22.7 Å². The maximum atomic E-state index is 8.93. The normalized spacial score (nSPS) is 16.8.